The normalized spacial score (nSPS) is 11.7. The molecule has 0 bridgehead atoms. The molecule has 1 aromatic heterocycles. The van der Waals surface area contributed by atoms with E-state index in [-0.39, 0.29) is 17.8 Å². The summed E-state index contributed by atoms with van der Waals surface area (Å²) >= 11 is 0. The molecule has 0 aromatic carbocycles. The molecule has 6 nitrogen and oxygen atoms in total. The first-order valence-electron chi connectivity index (χ1n) is 6.15. The van der Waals surface area contributed by atoms with E-state index in [9.17, 15) is 4.79 Å². The zero-order valence-corrected chi connectivity index (χ0v) is 11.5. The maximum Gasteiger partial charge on any atom is 0.254 e. The van der Waals surface area contributed by atoms with Crippen molar-refractivity contribution in [2.24, 2.45) is 10.9 Å². The SMILES string of the molecule is Cc1cc(C(=O)N(CC/C(N)=N/O)C(C)C)ccn1. The van der Waals surface area contributed by atoms with Crippen LogP contribution in [0.1, 0.15) is 36.3 Å². The lowest BCUT2D eigenvalue weighted by Gasteiger charge is -2.26. The van der Waals surface area contributed by atoms with Crippen molar-refractivity contribution < 1.29 is 10.0 Å². The lowest BCUT2D eigenvalue weighted by Crippen LogP contribution is -2.39. The van der Waals surface area contributed by atoms with Crippen molar-refractivity contribution in [1.82, 2.24) is 9.88 Å². The van der Waals surface area contributed by atoms with Crippen molar-refractivity contribution in [1.29, 1.82) is 0 Å². The predicted octanol–water partition coefficient (Wildman–Crippen LogP) is 1.38. The third kappa shape index (κ3) is 4.24. The number of carbonyl (C=O) groups excluding carboxylic acids is 1. The van der Waals surface area contributed by atoms with Gasteiger partial charge in [-0.15, -0.1) is 0 Å². The molecule has 0 spiro atoms. The predicted molar refractivity (Wildman–Crippen MR) is 73.2 cm³/mol. The lowest BCUT2D eigenvalue weighted by atomic mass is 10.1. The minimum Gasteiger partial charge on any atom is -0.409 e. The molecular formula is C13H20N4O2. The molecule has 1 rings (SSSR count). The summed E-state index contributed by atoms with van der Waals surface area (Å²) in [5.41, 5.74) is 6.83. The fourth-order valence-electron chi connectivity index (χ4n) is 1.72. The molecule has 1 amide bonds. The third-order valence-corrected chi connectivity index (χ3v) is 2.77. The fraction of sp³-hybridized carbons (Fsp3) is 0.462. The Balaban J connectivity index is 2.84. The average molecular weight is 264 g/mol. The van der Waals surface area contributed by atoms with Crippen molar-refractivity contribution in [3.05, 3.63) is 29.6 Å². The van der Waals surface area contributed by atoms with E-state index in [4.69, 9.17) is 10.9 Å². The summed E-state index contributed by atoms with van der Waals surface area (Å²) in [6, 6.07) is 3.47. The Hall–Kier alpha value is -2.11. The monoisotopic (exact) mass is 264 g/mol. The maximum atomic E-state index is 12.4. The van der Waals surface area contributed by atoms with Gasteiger partial charge in [-0.1, -0.05) is 5.16 Å². The van der Waals surface area contributed by atoms with Crippen LogP contribution in [-0.4, -0.2) is 39.4 Å². The van der Waals surface area contributed by atoms with E-state index in [1.165, 1.54) is 0 Å². The van der Waals surface area contributed by atoms with Crippen LogP contribution in [0.5, 0.6) is 0 Å². The van der Waals surface area contributed by atoms with Crippen molar-refractivity contribution in [3.63, 3.8) is 0 Å². The van der Waals surface area contributed by atoms with Gasteiger partial charge in [0.1, 0.15) is 5.84 Å². The zero-order valence-electron chi connectivity index (χ0n) is 11.5. The van der Waals surface area contributed by atoms with Crippen molar-refractivity contribution in [2.45, 2.75) is 33.2 Å². The number of oxime groups is 1. The first-order valence-corrected chi connectivity index (χ1v) is 6.15. The number of rotatable bonds is 5. The summed E-state index contributed by atoms with van der Waals surface area (Å²) in [4.78, 5) is 18.2. The van der Waals surface area contributed by atoms with Gasteiger partial charge in [0.2, 0.25) is 0 Å². The Morgan fingerprint density at radius 1 is 1.58 bits per heavy atom. The second kappa shape index (κ2) is 6.72. The van der Waals surface area contributed by atoms with E-state index < -0.39 is 0 Å². The topological polar surface area (TPSA) is 91.8 Å². The van der Waals surface area contributed by atoms with Crippen LogP contribution >= 0.6 is 0 Å². The van der Waals surface area contributed by atoms with Crippen LogP contribution in [0.4, 0.5) is 0 Å². The number of pyridine rings is 1. The minimum atomic E-state index is -0.0776. The summed E-state index contributed by atoms with van der Waals surface area (Å²) in [7, 11) is 0. The average Bonchev–Trinajstić information content (AvgIpc) is 2.38. The van der Waals surface area contributed by atoms with E-state index in [1.807, 2.05) is 20.8 Å². The van der Waals surface area contributed by atoms with Crippen LogP contribution < -0.4 is 5.73 Å². The molecule has 0 aliphatic rings. The number of carbonyl (C=O) groups is 1. The van der Waals surface area contributed by atoms with Crippen molar-refractivity contribution in [3.8, 4) is 0 Å². The zero-order chi connectivity index (χ0) is 14.4. The Labute approximate surface area is 112 Å². The minimum absolute atomic E-state index is 0.0347. The highest BCUT2D eigenvalue weighted by atomic mass is 16.4. The molecule has 0 saturated heterocycles. The van der Waals surface area contributed by atoms with E-state index in [0.717, 1.165) is 5.69 Å². The number of aryl methyl sites for hydroxylation is 1. The summed E-state index contributed by atoms with van der Waals surface area (Å²) < 4.78 is 0. The fourth-order valence-corrected chi connectivity index (χ4v) is 1.72. The summed E-state index contributed by atoms with van der Waals surface area (Å²) in [6.07, 6.45) is 1.95. The van der Waals surface area contributed by atoms with Gasteiger partial charge in [-0.25, -0.2) is 0 Å². The highest BCUT2D eigenvalue weighted by molar-refractivity contribution is 5.94. The standard InChI is InChI=1S/C13H20N4O2/c1-9(2)17(7-5-12(14)16-19)13(18)11-4-6-15-10(3)8-11/h4,6,8-9,19H,5,7H2,1-3H3,(H2,14,16). The molecule has 6 heteroatoms. The van der Waals surface area contributed by atoms with Crippen molar-refractivity contribution >= 4 is 11.7 Å². The van der Waals surface area contributed by atoms with Gasteiger partial charge in [0.25, 0.3) is 5.91 Å². The van der Waals surface area contributed by atoms with Gasteiger partial charge >= 0.3 is 0 Å². The second-order valence-corrected chi connectivity index (χ2v) is 4.62. The van der Waals surface area contributed by atoms with E-state index in [0.29, 0.717) is 18.5 Å². The molecule has 19 heavy (non-hydrogen) atoms. The number of nitrogens with zero attached hydrogens (tertiary/aromatic N) is 3. The highest BCUT2D eigenvalue weighted by Crippen LogP contribution is 2.10. The largest absolute Gasteiger partial charge is 0.409 e. The Morgan fingerprint density at radius 3 is 2.79 bits per heavy atom. The van der Waals surface area contributed by atoms with Gasteiger partial charge in [0.05, 0.1) is 0 Å². The Kier molecular flexibility index (Phi) is 5.29. The molecule has 0 unspecified atom stereocenters. The van der Waals surface area contributed by atoms with Gasteiger partial charge in [0, 0.05) is 36.5 Å². The number of aromatic nitrogens is 1. The first-order chi connectivity index (χ1) is 8.95. The number of amides is 1. The number of hydrogen-bond donors (Lipinski definition) is 2. The van der Waals surface area contributed by atoms with Crippen molar-refractivity contribution in [2.75, 3.05) is 6.54 Å². The summed E-state index contributed by atoms with van der Waals surface area (Å²) in [5, 5.41) is 11.4. The van der Waals surface area contributed by atoms with E-state index in [2.05, 4.69) is 10.1 Å². The summed E-state index contributed by atoms with van der Waals surface area (Å²) in [6.45, 7) is 6.11. The number of nitrogens with two attached hydrogens (primary N) is 1. The van der Waals surface area contributed by atoms with Crippen LogP contribution in [0.25, 0.3) is 0 Å². The Morgan fingerprint density at radius 2 is 2.26 bits per heavy atom. The van der Waals surface area contributed by atoms with E-state index in [1.54, 1.807) is 23.2 Å². The van der Waals surface area contributed by atoms with Crippen LogP contribution in [-0.2, 0) is 0 Å². The van der Waals surface area contributed by atoms with Crippen LogP contribution in [0.3, 0.4) is 0 Å². The molecule has 0 aliphatic heterocycles. The lowest BCUT2D eigenvalue weighted by molar-refractivity contribution is 0.0710. The van der Waals surface area contributed by atoms with E-state index >= 15 is 0 Å². The molecule has 3 N–H and O–H groups in total. The summed E-state index contributed by atoms with van der Waals surface area (Å²) in [5.74, 6) is 0.0376. The Bertz CT molecular complexity index is 471. The number of hydrogen-bond acceptors (Lipinski definition) is 4. The molecule has 1 heterocycles. The second-order valence-electron chi connectivity index (χ2n) is 4.62. The molecule has 1 aromatic rings. The van der Waals surface area contributed by atoms with Crippen LogP contribution in [0.15, 0.2) is 23.5 Å². The van der Waals surface area contributed by atoms with Crippen LogP contribution in [0, 0.1) is 6.92 Å². The molecule has 0 radical (unpaired) electrons. The van der Waals surface area contributed by atoms with Gasteiger partial charge in [-0.05, 0) is 32.9 Å². The molecule has 0 fully saturated rings. The molecule has 0 saturated carbocycles. The first kappa shape index (κ1) is 14.9. The highest BCUT2D eigenvalue weighted by Gasteiger charge is 2.19. The van der Waals surface area contributed by atoms with Gasteiger partial charge < -0.3 is 15.8 Å². The number of amidine groups is 1. The molecule has 0 atom stereocenters. The molecule has 104 valence electrons. The quantitative estimate of drug-likeness (QED) is 0.364. The smallest absolute Gasteiger partial charge is 0.254 e. The van der Waals surface area contributed by atoms with Gasteiger partial charge in [0.15, 0.2) is 0 Å². The maximum absolute atomic E-state index is 12.4. The molecular weight excluding hydrogens is 244 g/mol. The van der Waals surface area contributed by atoms with Gasteiger partial charge in [-0.3, -0.25) is 9.78 Å². The van der Waals surface area contributed by atoms with Gasteiger partial charge in [-0.2, -0.15) is 0 Å². The molecule has 0 aliphatic carbocycles. The third-order valence-electron chi connectivity index (χ3n) is 2.77. The van der Waals surface area contributed by atoms with Crippen LogP contribution in [0.2, 0.25) is 0 Å².